The van der Waals surface area contributed by atoms with Crippen molar-refractivity contribution in [1.29, 1.82) is 0 Å². The molecule has 1 aliphatic carbocycles. The zero-order valence-corrected chi connectivity index (χ0v) is 11.7. The molecular weight excluding hydrogens is 228 g/mol. The second-order valence-corrected chi connectivity index (χ2v) is 6.45. The van der Waals surface area contributed by atoms with Crippen LogP contribution in [0.3, 0.4) is 0 Å². The third-order valence-corrected chi connectivity index (χ3v) is 5.00. The van der Waals surface area contributed by atoms with Gasteiger partial charge in [0.2, 0.25) is 0 Å². The summed E-state index contributed by atoms with van der Waals surface area (Å²) in [4.78, 5) is 2.49. The van der Waals surface area contributed by atoms with Crippen LogP contribution in [0.2, 0.25) is 0 Å². The van der Waals surface area contributed by atoms with Gasteiger partial charge in [-0.15, -0.1) is 0 Å². The van der Waals surface area contributed by atoms with E-state index >= 15 is 0 Å². The van der Waals surface area contributed by atoms with Crippen LogP contribution in [0, 0.1) is 11.3 Å². The van der Waals surface area contributed by atoms with Gasteiger partial charge in [-0.25, -0.2) is 0 Å². The van der Waals surface area contributed by atoms with Crippen molar-refractivity contribution in [3.63, 3.8) is 0 Å². The van der Waals surface area contributed by atoms with E-state index in [1.807, 2.05) is 0 Å². The molecule has 0 aromatic rings. The number of fused-ring (bicyclic) bond motifs is 1. The van der Waals surface area contributed by atoms with Crippen molar-refractivity contribution in [3.8, 4) is 0 Å². The summed E-state index contributed by atoms with van der Waals surface area (Å²) in [6.07, 6.45) is 1.74. The van der Waals surface area contributed by atoms with Gasteiger partial charge in [0.15, 0.2) is 0 Å². The number of ether oxygens (including phenoxy) is 2. The summed E-state index contributed by atoms with van der Waals surface area (Å²) in [5.74, 6) is 0.754. The molecule has 0 amide bonds. The first-order valence-electron chi connectivity index (χ1n) is 7.34. The molecule has 4 nitrogen and oxygen atoms in total. The number of morpholine rings is 1. The molecule has 3 unspecified atom stereocenters. The Labute approximate surface area is 110 Å². The van der Waals surface area contributed by atoms with Crippen LogP contribution in [0.25, 0.3) is 0 Å². The number of nitrogens with zero attached hydrogens (tertiary/aromatic N) is 1. The molecule has 0 radical (unpaired) electrons. The van der Waals surface area contributed by atoms with E-state index in [2.05, 4.69) is 24.1 Å². The predicted molar refractivity (Wildman–Crippen MR) is 70.7 cm³/mol. The molecule has 3 rings (SSSR count). The summed E-state index contributed by atoms with van der Waals surface area (Å²) < 4.78 is 11.2. The highest BCUT2D eigenvalue weighted by Gasteiger charge is 2.58. The first kappa shape index (κ1) is 12.9. The third kappa shape index (κ3) is 2.20. The fourth-order valence-electron chi connectivity index (χ4n) is 3.94. The number of hydrogen-bond donors (Lipinski definition) is 1. The standard InChI is InChI=1S/C14H26N2O2/c1-14(2)12(11-3-8-18-13(11)14)15-4-5-16-6-9-17-10-7-16/h11-13,15H,3-10H2,1-2H3. The Morgan fingerprint density at radius 2 is 2.00 bits per heavy atom. The normalized spacial score (nSPS) is 39.3. The van der Waals surface area contributed by atoms with Gasteiger partial charge in [-0.3, -0.25) is 4.90 Å². The first-order valence-corrected chi connectivity index (χ1v) is 7.34. The molecule has 1 N–H and O–H groups in total. The van der Waals surface area contributed by atoms with Crippen LogP contribution >= 0.6 is 0 Å². The highest BCUT2D eigenvalue weighted by atomic mass is 16.5. The van der Waals surface area contributed by atoms with E-state index < -0.39 is 0 Å². The SMILES string of the molecule is CC1(C)C(NCCN2CCOCC2)C2CCOC21. The maximum Gasteiger partial charge on any atom is 0.0685 e. The average Bonchev–Trinajstić information content (AvgIpc) is 2.82. The fourth-order valence-corrected chi connectivity index (χ4v) is 3.94. The van der Waals surface area contributed by atoms with Crippen molar-refractivity contribution in [2.45, 2.75) is 32.4 Å². The molecule has 0 aromatic carbocycles. The Kier molecular flexibility index (Phi) is 3.63. The van der Waals surface area contributed by atoms with E-state index in [4.69, 9.17) is 9.47 Å². The lowest BCUT2D eigenvalue weighted by atomic mass is 9.57. The van der Waals surface area contributed by atoms with Crippen LogP contribution in [0.4, 0.5) is 0 Å². The van der Waals surface area contributed by atoms with Gasteiger partial charge in [-0.2, -0.15) is 0 Å². The van der Waals surface area contributed by atoms with Gasteiger partial charge in [0.1, 0.15) is 0 Å². The summed E-state index contributed by atoms with van der Waals surface area (Å²) in [5, 5.41) is 3.77. The van der Waals surface area contributed by atoms with Crippen molar-refractivity contribution in [2.75, 3.05) is 46.0 Å². The van der Waals surface area contributed by atoms with Gasteiger partial charge in [-0.05, 0) is 6.42 Å². The molecule has 0 spiro atoms. The highest BCUT2D eigenvalue weighted by Crippen LogP contribution is 2.51. The molecule has 3 aliphatic rings. The number of nitrogens with one attached hydrogen (secondary N) is 1. The van der Waals surface area contributed by atoms with E-state index in [-0.39, 0.29) is 0 Å². The van der Waals surface area contributed by atoms with E-state index in [9.17, 15) is 0 Å². The summed E-state index contributed by atoms with van der Waals surface area (Å²) in [6, 6.07) is 0.644. The Balaban J connectivity index is 1.43. The topological polar surface area (TPSA) is 33.7 Å². The number of hydrogen-bond acceptors (Lipinski definition) is 4. The van der Waals surface area contributed by atoms with E-state index in [1.54, 1.807) is 0 Å². The minimum Gasteiger partial charge on any atom is -0.379 e. The zero-order chi connectivity index (χ0) is 12.6. The molecule has 2 aliphatic heterocycles. The molecule has 104 valence electrons. The molecular formula is C14H26N2O2. The van der Waals surface area contributed by atoms with Crippen molar-refractivity contribution >= 4 is 0 Å². The Bertz CT molecular complexity index is 290. The monoisotopic (exact) mass is 254 g/mol. The van der Waals surface area contributed by atoms with Crippen LogP contribution in [0.5, 0.6) is 0 Å². The Hall–Kier alpha value is -0.160. The summed E-state index contributed by atoms with van der Waals surface area (Å²) in [6.45, 7) is 11.8. The third-order valence-electron chi connectivity index (χ3n) is 5.00. The van der Waals surface area contributed by atoms with Crippen molar-refractivity contribution < 1.29 is 9.47 Å². The summed E-state index contributed by atoms with van der Waals surface area (Å²) >= 11 is 0. The highest BCUT2D eigenvalue weighted by molar-refractivity contribution is 5.11. The molecule has 0 bridgehead atoms. The van der Waals surface area contributed by atoms with Crippen LogP contribution in [0.1, 0.15) is 20.3 Å². The molecule has 4 heteroatoms. The summed E-state index contributed by atoms with van der Waals surface area (Å²) in [7, 11) is 0. The van der Waals surface area contributed by atoms with E-state index in [1.165, 1.54) is 6.42 Å². The maximum absolute atomic E-state index is 5.83. The second-order valence-electron chi connectivity index (χ2n) is 6.45. The molecule has 3 fully saturated rings. The van der Waals surface area contributed by atoms with Crippen LogP contribution in [-0.2, 0) is 9.47 Å². The Morgan fingerprint density at radius 3 is 2.78 bits per heavy atom. The van der Waals surface area contributed by atoms with Gasteiger partial charge in [0.05, 0.1) is 19.3 Å². The lowest BCUT2D eigenvalue weighted by molar-refractivity contribution is -0.112. The quantitative estimate of drug-likeness (QED) is 0.801. The lowest BCUT2D eigenvalue weighted by Gasteiger charge is -2.55. The number of rotatable bonds is 4. The second kappa shape index (κ2) is 5.08. The smallest absolute Gasteiger partial charge is 0.0685 e. The minimum atomic E-state index is 0.312. The molecule has 18 heavy (non-hydrogen) atoms. The van der Waals surface area contributed by atoms with Crippen molar-refractivity contribution in [1.82, 2.24) is 10.2 Å². The van der Waals surface area contributed by atoms with Gasteiger partial charge in [-0.1, -0.05) is 13.8 Å². The molecule has 3 atom stereocenters. The van der Waals surface area contributed by atoms with Crippen LogP contribution in [0.15, 0.2) is 0 Å². The lowest BCUT2D eigenvalue weighted by Crippen LogP contribution is -2.66. The van der Waals surface area contributed by atoms with E-state index in [0.29, 0.717) is 17.6 Å². The average molecular weight is 254 g/mol. The van der Waals surface area contributed by atoms with Gasteiger partial charge < -0.3 is 14.8 Å². The van der Waals surface area contributed by atoms with Gasteiger partial charge >= 0.3 is 0 Å². The minimum absolute atomic E-state index is 0.312. The molecule has 2 heterocycles. The molecule has 0 aromatic heterocycles. The van der Waals surface area contributed by atoms with Crippen molar-refractivity contribution in [3.05, 3.63) is 0 Å². The van der Waals surface area contributed by atoms with Crippen LogP contribution in [-0.4, -0.2) is 63.0 Å². The Morgan fingerprint density at radius 1 is 1.22 bits per heavy atom. The zero-order valence-electron chi connectivity index (χ0n) is 11.7. The molecule has 1 saturated carbocycles. The van der Waals surface area contributed by atoms with Crippen molar-refractivity contribution in [2.24, 2.45) is 11.3 Å². The van der Waals surface area contributed by atoms with E-state index in [0.717, 1.165) is 51.9 Å². The van der Waals surface area contributed by atoms with Crippen LogP contribution < -0.4 is 5.32 Å². The largest absolute Gasteiger partial charge is 0.379 e. The van der Waals surface area contributed by atoms with Gasteiger partial charge in [0.25, 0.3) is 0 Å². The predicted octanol–water partition coefficient (Wildman–Crippen LogP) is 0.722. The first-order chi connectivity index (χ1) is 8.69. The fraction of sp³-hybridized carbons (Fsp3) is 1.00. The summed E-state index contributed by atoms with van der Waals surface area (Å²) in [5.41, 5.74) is 0.312. The van der Waals surface area contributed by atoms with Gasteiger partial charge in [0, 0.05) is 50.2 Å². The molecule has 2 saturated heterocycles. The maximum atomic E-state index is 5.83.